The number of ether oxygens (including phenoxy) is 3. The highest BCUT2D eigenvalue weighted by atomic mass is 35.5. The molecule has 2 aromatic carbocycles. The number of pyridine rings is 1. The number of nitrogens with zero attached hydrogens (tertiary/aromatic N) is 2. The SMILES string of the molecule is CCN(CC)c1cccc2nc(-c3c(OC)cc(COC)cc3OC)c(Cl)cc12. The number of aromatic nitrogens is 1. The molecule has 0 amide bonds. The average Bonchev–Trinajstić information content (AvgIpc) is 2.74. The molecule has 0 aliphatic heterocycles. The molecule has 0 saturated heterocycles. The highest BCUT2D eigenvalue weighted by molar-refractivity contribution is 6.34. The Hall–Kier alpha value is -2.50. The molecule has 6 heteroatoms. The average molecular weight is 415 g/mol. The number of methoxy groups -OCH3 is 3. The van der Waals surface area contributed by atoms with E-state index in [4.69, 9.17) is 30.8 Å². The minimum absolute atomic E-state index is 0.457. The van der Waals surface area contributed by atoms with Crippen molar-refractivity contribution in [3.05, 3.63) is 47.0 Å². The molecule has 0 spiro atoms. The highest BCUT2D eigenvalue weighted by Gasteiger charge is 2.20. The van der Waals surface area contributed by atoms with Crippen LogP contribution in [0.15, 0.2) is 36.4 Å². The molecule has 0 bridgehead atoms. The molecular formula is C23H27ClN2O3. The Labute approximate surface area is 177 Å². The van der Waals surface area contributed by atoms with Gasteiger partial charge in [0, 0.05) is 31.3 Å². The van der Waals surface area contributed by atoms with Gasteiger partial charge in [0.05, 0.1) is 42.6 Å². The van der Waals surface area contributed by atoms with E-state index in [1.54, 1.807) is 21.3 Å². The summed E-state index contributed by atoms with van der Waals surface area (Å²) in [5, 5.41) is 1.58. The summed E-state index contributed by atoms with van der Waals surface area (Å²) in [6, 6.07) is 12.0. The molecule has 3 aromatic rings. The van der Waals surface area contributed by atoms with Gasteiger partial charge in [-0.05, 0) is 49.7 Å². The molecular weight excluding hydrogens is 388 g/mol. The molecule has 1 aromatic heterocycles. The minimum atomic E-state index is 0.457. The van der Waals surface area contributed by atoms with Gasteiger partial charge in [-0.1, -0.05) is 17.7 Å². The molecule has 5 nitrogen and oxygen atoms in total. The maximum atomic E-state index is 6.74. The van der Waals surface area contributed by atoms with E-state index >= 15 is 0 Å². The van der Waals surface area contributed by atoms with E-state index < -0.39 is 0 Å². The normalized spacial score (nSPS) is 11.0. The van der Waals surface area contributed by atoms with Crippen LogP contribution in [-0.4, -0.2) is 39.4 Å². The molecule has 0 radical (unpaired) electrons. The fourth-order valence-electron chi connectivity index (χ4n) is 3.62. The van der Waals surface area contributed by atoms with Crippen LogP contribution in [0.25, 0.3) is 22.2 Å². The van der Waals surface area contributed by atoms with Crippen molar-refractivity contribution in [3.8, 4) is 22.8 Å². The summed E-state index contributed by atoms with van der Waals surface area (Å²) in [5.74, 6) is 1.29. The minimum Gasteiger partial charge on any atom is -0.496 e. The van der Waals surface area contributed by atoms with Crippen LogP contribution >= 0.6 is 11.6 Å². The summed E-state index contributed by atoms with van der Waals surface area (Å²) >= 11 is 6.74. The zero-order valence-electron chi connectivity index (χ0n) is 17.6. The molecule has 154 valence electrons. The van der Waals surface area contributed by atoms with Gasteiger partial charge < -0.3 is 19.1 Å². The van der Waals surface area contributed by atoms with Crippen molar-refractivity contribution in [2.45, 2.75) is 20.5 Å². The van der Waals surface area contributed by atoms with Crippen molar-refractivity contribution < 1.29 is 14.2 Å². The maximum absolute atomic E-state index is 6.74. The Morgan fingerprint density at radius 3 is 2.17 bits per heavy atom. The molecule has 1 heterocycles. The largest absolute Gasteiger partial charge is 0.496 e. The molecule has 0 aliphatic carbocycles. The Bertz CT molecular complexity index is 978. The number of benzene rings is 2. The lowest BCUT2D eigenvalue weighted by Gasteiger charge is -2.23. The molecule has 29 heavy (non-hydrogen) atoms. The Kier molecular flexibility index (Phi) is 6.83. The maximum Gasteiger partial charge on any atom is 0.132 e. The van der Waals surface area contributed by atoms with Crippen molar-refractivity contribution in [1.29, 1.82) is 0 Å². The van der Waals surface area contributed by atoms with Crippen molar-refractivity contribution in [2.75, 3.05) is 39.3 Å². The number of hydrogen-bond donors (Lipinski definition) is 0. The molecule has 0 fully saturated rings. The third-order valence-corrected chi connectivity index (χ3v) is 5.30. The van der Waals surface area contributed by atoms with Crippen LogP contribution < -0.4 is 14.4 Å². The molecule has 0 saturated carbocycles. The molecule has 0 atom stereocenters. The smallest absolute Gasteiger partial charge is 0.132 e. The van der Waals surface area contributed by atoms with E-state index in [0.717, 1.165) is 40.8 Å². The van der Waals surface area contributed by atoms with Crippen molar-refractivity contribution in [3.63, 3.8) is 0 Å². The fourth-order valence-corrected chi connectivity index (χ4v) is 3.87. The van der Waals surface area contributed by atoms with E-state index in [2.05, 4.69) is 24.8 Å². The first-order valence-electron chi connectivity index (χ1n) is 9.66. The Morgan fingerprint density at radius 1 is 0.966 bits per heavy atom. The van der Waals surface area contributed by atoms with Gasteiger partial charge in [-0.25, -0.2) is 4.98 Å². The topological polar surface area (TPSA) is 43.8 Å². The predicted octanol–water partition coefficient (Wildman–Crippen LogP) is 5.57. The monoisotopic (exact) mass is 414 g/mol. The summed E-state index contributed by atoms with van der Waals surface area (Å²) < 4.78 is 16.6. The quantitative estimate of drug-likeness (QED) is 0.482. The van der Waals surface area contributed by atoms with Gasteiger partial charge in [-0.15, -0.1) is 0 Å². The molecule has 3 rings (SSSR count). The van der Waals surface area contributed by atoms with Crippen molar-refractivity contribution >= 4 is 28.2 Å². The summed E-state index contributed by atoms with van der Waals surface area (Å²) in [6.07, 6.45) is 0. The zero-order chi connectivity index (χ0) is 21.0. The highest BCUT2D eigenvalue weighted by Crippen LogP contribution is 2.43. The number of anilines is 1. The number of halogens is 1. The van der Waals surface area contributed by atoms with Gasteiger partial charge in [0.15, 0.2) is 0 Å². The molecule has 0 unspecified atom stereocenters. The lowest BCUT2D eigenvalue weighted by Crippen LogP contribution is -2.22. The molecule has 0 aliphatic rings. The van der Waals surface area contributed by atoms with E-state index in [1.165, 1.54) is 0 Å². The van der Waals surface area contributed by atoms with Crippen LogP contribution in [0.5, 0.6) is 11.5 Å². The number of fused-ring (bicyclic) bond motifs is 1. The third kappa shape index (κ3) is 4.11. The lowest BCUT2D eigenvalue weighted by molar-refractivity contribution is 0.184. The van der Waals surface area contributed by atoms with Crippen LogP contribution in [0.3, 0.4) is 0 Å². The lowest BCUT2D eigenvalue weighted by atomic mass is 10.0. The Balaban J connectivity index is 2.24. The van der Waals surface area contributed by atoms with Crippen LogP contribution in [-0.2, 0) is 11.3 Å². The standard InChI is InChI=1S/C23H27ClN2O3/c1-6-26(7-2)19-10-8-9-18-16(19)13-17(24)23(25-18)22-20(28-4)11-15(14-27-3)12-21(22)29-5/h8-13H,6-7,14H2,1-5H3. The van der Waals surface area contributed by atoms with E-state index in [-0.39, 0.29) is 0 Å². The second-order valence-corrected chi connectivity index (χ2v) is 7.05. The van der Waals surface area contributed by atoms with E-state index in [1.807, 2.05) is 30.3 Å². The summed E-state index contributed by atoms with van der Waals surface area (Å²) in [5.41, 5.74) is 4.32. The second-order valence-electron chi connectivity index (χ2n) is 6.64. The first-order valence-corrected chi connectivity index (χ1v) is 10.0. The van der Waals surface area contributed by atoms with Crippen LogP contribution in [0.2, 0.25) is 5.02 Å². The van der Waals surface area contributed by atoms with Gasteiger partial charge in [0.25, 0.3) is 0 Å². The third-order valence-electron chi connectivity index (χ3n) is 5.01. The van der Waals surface area contributed by atoms with Crippen LogP contribution in [0, 0.1) is 0 Å². The van der Waals surface area contributed by atoms with Gasteiger partial charge in [0.2, 0.25) is 0 Å². The predicted molar refractivity (Wildman–Crippen MR) is 120 cm³/mol. The van der Waals surface area contributed by atoms with Crippen molar-refractivity contribution in [2.24, 2.45) is 0 Å². The zero-order valence-corrected chi connectivity index (χ0v) is 18.3. The van der Waals surface area contributed by atoms with Crippen molar-refractivity contribution in [1.82, 2.24) is 4.98 Å². The van der Waals surface area contributed by atoms with E-state index in [0.29, 0.717) is 28.8 Å². The first-order chi connectivity index (χ1) is 14.1. The van der Waals surface area contributed by atoms with Gasteiger partial charge >= 0.3 is 0 Å². The first kappa shape index (κ1) is 21.2. The van der Waals surface area contributed by atoms with Gasteiger partial charge in [-0.3, -0.25) is 0 Å². The Morgan fingerprint density at radius 2 is 1.62 bits per heavy atom. The number of hydrogen-bond acceptors (Lipinski definition) is 5. The summed E-state index contributed by atoms with van der Waals surface area (Å²) in [4.78, 5) is 7.19. The van der Waals surface area contributed by atoms with Crippen LogP contribution in [0.4, 0.5) is 5.69 Å². The van der Waals surface area contributed by atoms with Gasteiger partial charge in [-0.2, -0.15) is 0 Å². The number of rotatable bonds is 8. The van der Waals surface area contributed by atoms with E-state index in [9.17, 15) is 0 Å². The van der Waals surface area contributed by atoms with Gasteiger partial charge in [0.1, 0.15) is 11.5 Å². The fraction of sp³-hybridized carbons (Fsp3) is 0.348. The van der Waals surface area contributed by atoms with Crippen LogP contribution in [0.1, 0.15) is 19.4 Å². The molecule has 0 N–H and O–H groups in total. The summed E-state index contributed by atoms with van der Waals surface area (Å²) in [6.45, 7) is 6.57. The summed E-state index contributed by atoms with van der Waals surface area (Å²) in [7, 11) is 4.91. The second kappa shape index (κ2) is 9.33.